The van der Waals surface area contributed by atoms with Crippen molar-refractivity contribution >= 4 is 17.3 Å². The van der Waals surface area contributed by atoms with Crippen molar-refractivity contribution in [3.05, 3.63) is 34.5 Å². The number of nitrogens with zero attached hydrogens (tertiary/aromatic N) is 5. The number of rotatable bonds is 9. The van der Waals surface area contributed by atoms with Crippen LogP contribution in [0, 0.1) is 0 Å². The maximum Gasteiger partial charge on any atom is 0.191 e. The Labute approximate surface area is 177 Å². The molecule has 2 aromatic rings. The van der Waals surface area contributed by atoms with Crippen molar-refractivity contribution in [3.8, 4) is 0 Å². The van der Waals surface area contributed by atoms with Crippen LogP contribution in [-0.2, 0) is 17.7 Å². The van der Waals surface area contributed by atoms with Crippen LogP contribution in [-0.4, -0.2) is 71.1 Å². The average molecular weight is 420 g/mol. The van der Waals surface area contributed by atoms with E-state index in [4.69, 9.17) is 9.73 Å². The van der Waals surface area contributed by atoms with Crippen molar-refractivity contribution in [2.75, 3.05) is 39.3 Å². The summed E-state index contributed by atoms with van der Waals surface area (Å²) in [6, 6.07) is 4.61. The number of hydrogen-bond acceptors (Lipinski definition) is 6. The van der Waals surface area contributed by atoms with Gasteiger partial charge in [-0.25, -0.2) is 0 Å². The van der Waals surface area contributed by atoms with Gasteiger partial charge in [0.05, 0.1) is 25.3 Å². The summed E-state index contributed by atoms with van der Waals surface area (Å²) >= 11 is 1.80. The van der Waals surface area contributed by atoms with E-state index in [1.165, 1.54) is 4.88 Å². The van der Waals surface area contributed by atoms with Crippen LogP contribution in [0.5, 0.6) is 0 Å². The third-order valence-corrected chi connectivity index (χ3v) is 5.98. The Kier molecular flexibility index (Phi) is 8.45. The van der Waals surface area contributed by atoms with E-state index < -0.39 is 0 Å². The first kappa shape index (κ1) is 21.7. The summed E-state index contributed by atoms with van der Waals surface area (Å²) in [5, 5.41) is 17.1. The zero-order valence-electron chi connectivity index (χ0n) is 17.7. The number of nitrogens with one attached hydrogen (secondary N) is 2. The highest BCUT2D eigenvalue weighted by Crippen LogP contribution is 2.27. The van der Waals surface area contributed by atoms with Crippen LogP contribution < -0.4 is 10.6 Å². The summed E-state index contributed by atoms with van der Waals surface area (Å²) in [6.45, 7) is 12.1. The molecule has 0 aromatic carbocycles. The van der Waals surface area contributed by atoms with E-state index in [1.54, 1.807) is 17.7 Å². The van der Waals surface area contributed by atoms with Crippen LogP contribution in [0.3, 0.4) is 0 Å². The third kappa shape index (κ3) is 6.25. The Hall–Kier alpha value is -1.97. The maximum absolute atomic E-state index is 5.74. The number of ether oxygens (including phenoxy) is 1. The van der Waals surface area contributed by atoms with Gasteiger partial charge in [-0.1, -0.05) is 13.0 Å². The molecule has 0 saturated carbocycles. The zero-order valence-corrected chi connectivity index (χ0v) is 18.5. The predicted octanol–water partition coefficient (Wildman–Crippen LogP) is 1.92. The summed E-state index contributed by atoms with van der Waals surface area (Å²) in [6.07, 6.45) is 2.93. The number of aliphatic imine (C=N–C) groups is 1. The lowest BCUT2D eigenvalue weighted by Gasteiger charge is -2.36. The normalized spacial score (nSPS) is 19.3. The van der Waals surface area contributed by atoms with Gasteiger partial charge in [-0.3, -0.25) is 9.89 Å². The highest BCUT2D eigenvalue weighted by atomic mass is 32.1. The summed E-state index contributed by atoms with van der Waals surface area (Å²) < 4.78 is 7.82. The molecule has 1 fully saturated rings. The SMILES string of the molecule is CCNC(=NCC(c1cccs1)N1CCOC(C)C1)NCCn1cnnc1CC. The van der Waals surface area contributed by atoms with E-state index in [-0.39, 0.29) is 12.1 Å². The highest BCUT2D eigenvalue weighted by molar-refractivity contribution is 7.10. The van der Waals surface area contributed by atoms with E-state index in [1.807, 2.05) is 0 Å². The van der Waals surface area contributed by atoms with Gasteiger partial charge in [-0.2, -0.15) is 0 Å². The molecule has 2 atom stereocenters. The van der Waals surface area contributed by atoms with Gasteiger partial charge >= 0.3 is 0 Å². The summed E-state index contributed by atoms with van der Waals surface area (Å²) in [7, 11) is 0. The van der Waals surface area contributed by atoms with E-state index >= 15 is 0 Å². The molecule has 0 aliphatic carbocycles. The van der Waals surface area contributed by atoms with Gasteiger partial charge in [-0.15, -0.1) is 21.5 Å². The number of morpholine rings is 1. The average Bonchev–Trinajstić information content (AvgIpc) is 3.40. The first-order valence-electron chi connectivity index (χ1n) is 10.5. The minimum absolute atomic E-state index is 0.262. The van der Waals surface area contributed by atoms with Gasteiger partial charge < -0.3 is 19.9 Å². The first-order chi connectivity index (χ1) is 14.2. The number of aromatic nitrogens is 3. The minimum Gasteiger partial charge on any atom is -0.376 e. The highest BCUT2D eigenvalue weighted by Gasteiger charge is 2.26. The van der Waals surface area contributed by atoms with Crippen LogP contribution in [0.1, 0.15) is 37.5 Å². The first-order valence-corrected chi connectivity index (χ1v) is 11.4. The van der Waals surface area contributed by atoms with Gasteiger partial charge in [0, 0.05) is 44.0 Å². The number of guanidine groups is 1. The lowest BCUT2D eigenvalue weighted by atomic mass is 10.1. The Morgan fingerprint density at radius 1 is 1.41 bits per heavy atom. The van der Waals surface area contributed by atoms with Gasteiger partial charge in [0.2, 0.25) is 0 Å². The molecule has 0 spiro atoms. The third-order valence-electron chi connectivity index (χ3n) is 5.01. The van der Waals surface area contributed by atoms with E-state index in [2.05, 4.69) is 68.6 Å². The summed E-state index contributed by atoms with van der Waals surface area (Å²) in [4.78, 5) is 8.76. The molecule has 0 bridgehead atoms. The molecule has 160 valence electrons. The zero-order chi connectivity index (χ0) is 20.5. The molecule has 8 nitrogen and oxygen atoms in total. The Bertz CT molecular complexity index is 746. The van der Waals surface area contributed by atoms with E-state index in [0.29, 0.717) is 0 Å². The Morgan fingerprint density at radius 2 is 2.31 bits per heavy atom. The second-order valence-electron chi connectivity index (χ2n) is 7.15. The molecule has 1 saturated heterocycles. The van der Waals surface area contributed by atoms with Gasteiger partial charge in [0.25, 0.3) is 0 Å². The summed E-state index contributed by atoms with van der Waals surface area (Å²) in [5.74, 6) is 1.86. The van der Waals surface area contributed by atoms with E-state index in [0.717, 1.165) is 64.1 Å². The number of hydrogen-bond donors (Lipinski definition) is 2. The fraction of sp³-hybridized carbons (Fsp3) is 0.650. The van der Waals surface area contributed by atoms with Crippen molar-refractivity contribution in [2.45, 2.75) is 45.9 Å². The maximum atomic E-state index is 5.74. The summed E-state index contributed by atoms with van der Waals surface area (Å²) in [5.41, 5.74) is 0. The molecule has 9 heteroatoms. The van der Waals surface area contributed by atoms with Crippen LogP contribution in [0.4, 0.5) is 0 Å². The topological polar surface area (TPSA) is 79.6 Å². The van der Waals surface area contributed by atoms with Crippen LogP contribution in [0.25, 0.3) is 0 Å². The molecule has 29 heavy (non-hydrogen) atoms. The minimum atomic E-state index is 0.262. The van der Waals surface area contributed by atoms with Crippen molar-refractivity contribution in [1.29, 1.82) is 0 Å². The Morgan fingerprint density at radius 3 is 3.03 bits per heavy atom. The molecule has 0 amide bonds. The largest absolute Gasteiger partial charge is 0.376 e. The molecule has 2 N–H and O–H groups in total. The fourth-order valence-electron chi connectivity index (χ4n) is 3.55. The quantitative estimate of drug-likeness (QED) is 0.478. The second kappa shape index (κ2) is 11.3. The molecule has 1 aliphatic rings. The fourth-order valence-corrected chi connectivity index (χ4v) is 4.40. The molecule has 0 radical (unpaired) electrons. The lowest BCUT2D eigenvalue weighted by molar-refractivity contribution is -0.0327. The van der Waals surface area contributed by atoms with Crippen LogP contribution >= 0.6 is 11.3 Å². The molecule has 2 unspecified atom stereocenters. The smallest absolute Gasteiger partial charge is 0.191 e. The van der Waals surface area contributed by atoms with E-state index in [9.17, 15) is 0 Å². The molecule has 2 aromatic heterocycles. The number of aryl methyl sites for hydroxylation is 1. The van der Waals surface area contributed by atoms with Crippen molar-refractivity contribution < 1.29 is 4.74 Å². The molecular weight excluding hydrogens is 386 g/mol. The number of thiophene rings is 1. The predicted molar refractivity (Wildman–Crippen MR) is 117 cm³/mol. The molecular formula is C20H33N7OS. The lowest BCUT2D eigenvalue weighted by Crippen LogP contribution is -2.44. The van der Waals surface area contributed by atoms with Crippen LogP contribution in [0.15, 0.2) is 28.8 Å². The van der Waals surface area contributed by atoms with Crippen molar-refractivity contribution in [2.24, 2.45) is 4.99 Å². The van der Waals surface area contributed by atoms with Gasteiger partial charge in [0.1, 0.15) is 12.2 Å². The molecule has 3 heterocycles. The monoisotopic (exact) mass is 419 g/mol. The standard InChI is InChI=1S/C20H33N7OS/c1-4-19-25-24-15-27(19)9-8-22-20(21-5-2)23-13-17(18-7-6-12-29-18)26-10-11-28-16(3)14-26/h6-7,12,15-17H,4-5,8-11,13-14H2,1-3H3,(H2,21,22,23). The second-order valence-corrected chi connectivity index (χ2v) is 8.13. The van der Waals surface area contributed by atoms with Crippen molar-refractivity contribution in [3.63, 3.8) is 0 Å². The van der Waals surface area contributed by atoms with Crippen LogP contribution in [0.2, 0.25) is 0 Å². The van der Waals surface area contributed by atoms with Gasteiger partial charge in [0.15, 0.2) is 5.96 Å². The van der Waals surface area contributed by atoms with Gasteiger partial charge in [-0.05, 0) is 25.3 Å². The van der Waals surface area contributed by atoms with Crippen molar-refractivity contribution in [1.82, 2.24) is 30.3 Å². The molecule has 3 rings (SSSR count). The molecule has 1 aliphatic heterocycles. The Balaban J connectivity index is 1.62.